The maximum absolute atomic E-state index is 11.3. The van der Waals surface area contributed by atoms with E-state index in [9.17, 15) is 8.42 Å². The van der Waals surface area contributed by atoms with Gasteiger partial charge in [0.25, 0.3) is 0 Å². The molecule has 1 heterocycles. The third-order valence-electron chi connectivity index (χ3n) is 3.38. The molecule has 1 aliphatic heterocycles. The molecule has 4 nitrogen and oxygen atoms in total. The number of rotatable bonds is 8. The zero-order valence-electron chi connectivity index (χ0n) is 11.9. The van der Waals surface area contributed by atoms with Gasteiger partial charge >= 0.3 is 0 Å². The molecular weight excluding hydrogens is 248 g/mol. The van der Waals surface area contributed by atoms with Crippen molar-refractivity contribution in [3.8, 4) is 0 Å². The first-order valence-electron chi connectivity index (χ1n) is 7.03. The van der Waals surface area contributed by atoms with Gasteiger partial charge in [-0.2, -0.15) is 0 Å². The van der Waals surface area contributed by atoms with Crippen LogP contribution in [0.5, 0.6) is 0 Å². The second kappa shape index (κ2) is 7.46. The summed E-state index contributed by atoms with van der Waals surface area (Å²) in [5, 5.41) is 6.87. The Balaban J connectivity index is 2.04. The molecule has 1 aliphatic rings. The molecule has 18 heavy (non-hydrogen) atoms. The van der Waals surface area contributed by atoms with E-state index in [1.54, 1.807) is 0 Å². The third-order valence-corrected chi connectivity index (χ3v) is 5.21. The summed E-state index contributed by atoms with van der Waals surface area (Å²) in [7, 11) is -2.71. The van der Waals surface area contributed by atoms with Crippen molar-refractivity contribution >= 4 is 9.84 Å². The molecule has 5 heteroatoms. The van der Waals surface area contributed by atoms with Crippen LogP contribution in [0, 0.1) is 11.8 Å². The van der Waals surface area contributed by atoms with Crippen molar-refractivity contribution in [3.05, 3.63) is 0 Å². The van der Waals surface area contributed by atoms with Gasteiger partial charge in [0.05, 0.1) is 11.5 Å². The van der Waals surface area contributed by atoms with Crippen molar-refractivity contribution in [2.75, 3.05) is 31.1 Å². The maximum Gasteiger partial charge on any atom is 0.150 e. The van der Waals surface area contributed by atoms with E-state index in [-0.39, 0.29) is 0 Å². The summed E-state index contributed by atoms with van der Waals surface area (Å²) in [6, 6.07) is 0.446. The van der Waals surface area contributed by atoms with Gasteiger partial charge in [0.1, 0.15) is 0 Å². The summed E-state index contributed by atoms with van der Waals surface area (Å²) in [5.74, 6) is 1.84. The van der Waals surface area contributed by atoms with E-state index in [2.05, 4.69) is 31.4 Å². The Morgan fingerprint density at radius 1 is 1.22 bits per heavy atom. The number of nitrogens with one attached hydrogen (secondary N) is 2. The predicted molar refractivity (Wildman–Crippen MR) is 76.6 cm³/mol. The fourth-order valence-corrected chi connectivity index (χ4v) is 4.20. The quantitative estimate of drug-likeness (QED) is 0.695. The smallest absolute Gasteiger partial charge is 0.150 e. The van der Waals surface area contributed by atoms with Crippen LogP contribution in [0.2, 0.25) is 0 Å². The van der Waals surface area contributed by atoms with Crippen molar-refractivity contribution in [1.29, 1.82) is 0 Å². The van der Waals surface area contributed by atoms with Crippen LogP contribution < -0.4 is 10.6 Å². The first-order chi connectivity index (χ1) is 8.39. The van der Waals surface area contributed by atoms with Gasteiger partial charge in [-0.1, -0.05) is 13.8 Å². The molecule has 0 aromatic heterocycles. The van der Waals surface area contributed by atoms with E-state index < -0.39 is 9.84 Å². The zero-order valence-corrected chi connectivity index (χ0v) is 12.7. The topological polar surface area (TPSA) is 58.2 Å². The average Bonchev–Trinajstić information content (AvgIpc) is 2.57. The van der Waals surface area contributed by atoms with E-state index in [1.807, 2.05) is 0 Å². The molecule has 0 radical (unpaired) electrons. The van der Waals surface area contributed by atoms with Crippen LogP contribution in [0.3, 0.4) is 0 Å². The van der Waals surface area contributed by atoms with E-state index in [0.717, 1.165) is 32.5 Å². The fourth-order valence-electron chi connectivity index (χ4n) is 2.29. The largest absolute Gasteiger partial charge is 0.315 e. The molecule has 0 spiro atoms. The molecule has 2 N–H and O–H groups in total. The predicted octanol–water partition coefficient (Wildman–Crippen LogP) is 1.03. The first-order valence-corrected chi connectivity index (χ1v) is 8.85. The van der Waals surface area contributed by atoms with Crippen molar-refractivity contribution in [3.63, 3.8) is 0 Å². The van der Waals surface area contributed by atoms with E-state index in [4.69, 9.17) is 0 Å². The Bertz CT molecular complexity index is 328. The minimum atomic E-state index is -2.71. The first kappa shape index (κ1) is 15.9. The van der Waals surface area contributed by atoms with Gasteiger partial charge in [0.2, 0.25) is 0 Å². The SMILES string of the molecule is CC(C)CNCC(C)NCCC1CCS(=O)(=O)C1. The standard InChI is InChI=1S/C13H28N2O2S/c1-11(2)8-14-9-12(3)15-6-4-13-5-7-18(16,17)10-13/h11-15H,4-10H2,1-3H3. The highest BCUT2D eigenvalue weighted by atomic mass is 32.2. The molecule has 1 saturated heterocycles. The molecule has 2 atom stereocenters. The summed E-state index contributed by atoms with van der Waals surface area (Å²) < 4.78 is 22.6. The fraction of sp³-hybridized carbons (Fsp3) is 1.00. The van der Waals surface area contributed by atoms with Crippen LogP contribution in [-0.2, 0) is 9.84 Å². The molecule has 0 aromatic rings. The lowest BCUT2D eigenvalue weighted by atomic mass is 10.1. The summed E-state index contributed by atoms with van der Waals surface area (Å²) >= 11 is 0. The van der Waals surface area contributed by atoms with Crippen LogP contribution in [0.15, 0.2) is 0 Å². The maximum atomic E-state index is 11.3. The monoisotopic (exact) mass is 276 g/mol. The summed E-state index contributed by atoms with van der Waals surface area (Å²) in [4.78, 5) is 0. The second-order valence-corrected chi connectivity index (χ2v) is 8.19. The Morgan fingerprint density at radius 3 is 2.50 bits per heavy atom. The Labute approximate surface area is 112 Å². The molecule has 108 valence electrons. The lowest BCUT2D eigenvalue weighted by Crippen LogP contribution is -2.38. The van der Waals surface area contributed by atoms with Crippen molar-refractivity contribution in [2.24, 2.45) is 11.8 Å². The molecule has 0 bridgehead atoms. The van der Waals surface area contributed by atoms with Crippen LogP contribution >= 0.6 is 0 Å². The van der Waals surface area contributed by atoms with Crippen molar-refractivity contribution in [2.45, 2.75) is 39.7 Å². The number of hydrogen-bond acceptors (Lipinski definition) is 4. The van der Waals surface area contributed by atoms with Gasteiger partial charge in [-0.25, -0.2) is 8.42 Å². The second-order valence-electron chi connectivity index (χ2n) is 5.97. The Morgan fingerprint density at radius 2 is 1.94 bits per heavy atom. The normalized spacial score (nSPS) is 24.6. The zero-order chi connectivity index (χ0) is 13.6. The molecule has 0 aliphatic carbocycles. The van der Waals surface area contributed by atoms with Gasteiger partial charge in [-0.15, -0.1) is 0 Å². The average molecular weight is 276 g/mol. The molecule has 1 fully saturated rings. The highest BCUT2D eigenvalue weighted by Gasteiger charge is 2.27. The lowest BCUT2D eigenvalue weighted by Gasteiger charge is -2.16. The molecule has 0 aromatic carbocycles. The van der Waals surface area contributed by atoms with Crippen LogP contribution in [-0.4, -0.2) is 45.6 Å². The van der Waals surface area contributed by atoms with Crippen LogP contribution in [0.4, 0.5) is 0 Å². The molecule has 0 saturated carbocycles. The van der Waals surface area contributed by atoms with Gasteiger partial charge in [0, 0.05) is 12.6 Å². The van der Waals surface area contributed by atoms with Crippen LogP contribution in [0.1, 0.15) is 33.6 Å². The Hall–Kier alpha value is -0.130. The van der Waals surface area contributed by atoms with Gasteiger partial charge in [-0.3, -0.25) is 0 Å². The van der Waals surface area contributed by atoms with Crippen molar-refractivity contribution in [1.82, 2.24) is 10.6 Å². The van der Waals surface area contributed by atoms with E-state index in [0.29, 0.717) is 29.4 Å². The molecule has 0 amide bonds. The van der Waals surface area contributed by atoms with Crippen LogP contribution in [0.25, 0.3) is 0 Å². The molecule has 2 unspecified atom stereocenters. The van der Waals surface area contributed by atoms with E-state index in [1.165, 1.54) is 0 Å². The van der Waals surface area contributed by atoms with Gasteiger partial charge < -0.3 is 10.6 Å². The number of hydrogen-bond donors (Lipinski definition) is 2. The minimum Gasteiger partial charge on any atom is -0.315 e. The van der Waals surface area contributed by atoms with Crippen molar-refractivity contribution < 1.29 is 8.42 Å². The summed E-state index contributed by atoms with van der Waals surface area (Å²) in [5.41, 5.74) is 0. The van der Waals surface area contributed by atoms with E-state index >= 15 is 0 Å². The van der Waals surface area contributed by atoms with Gasteiger partial charge in [0.15, 0.2) is 9.84 Å². The lowest BCUT2D eigenvalue weighted by molar-refractivity contribution is 0.442. The third kappa shape index (κ3) is 6.71. The van der Waals surface area contributed by atoms with Gasteiger partial charge in [-0.05, 0) is 44.7 Å². The summed E-state index contributed by atoms with van der Waals surface area (Å²) in [6.45, 7) is 9.51. The number of sulfone groups is 1. The molecule has 1 rings (SSSR count). The Kier molecular flexibility index (Phi) is 6.60. The highest BCUT2D eigenvalue weighted by molar-refractivity contribution is 7.91. The summed E-state index contributed by atoms with van der Waals surface area (Å²) in [6.07, 6.45) is 1.83. The minimum absolute atomic E-state index is 0.373. The highest BCUT2D eigenvalue weighted by Crippen LogP contribution is 2.20. The molecular formula is C13H28N2O2S.